The molecule has 116 valence electrons. The molecule has 2 atom stereocenters. The standard InChI is InChI=1S/C18H16N2OS2/c21-18(14-10-13(14)12-4-1-7-19-11-12)20-17(15-5-2-8-22-15)16-6-3-9-23-16/h1-9,11,13-14,17H,10H2,(H,20,21)/t13-,14+/m1/s1. The lowest BCUT2D eigenvalue weighted by Crippen LogP contribution is -2.30. The second-order valence-corrected chi connectivity index (χ2v) is 7.67. The Morgan fingerprint density at radius 3 is 2.43 bits per heavy atom. The Labute approximate surface area is 143 Å². The monoisotopic (exact) mass is 340 g/mol. The number of hydrogen-bond acceptors (Lipinski definition) is 4. The van der Waals surface area contributed by atoms with Gasteiger partial charge in [-0.1, -0.05) is 18.2 Å². The summed E-state index contributed by atoms with van der Waals surface area (Å²) in [5.74, 6) is 0.531. The zero-order valence-corrected chi connectivity index (χ0v) is 14.0. The minimum Gasteiger partial charge on any atom is -0.343 e. The lowest BCUT2D eigenvalue weighted by atomic mass is 10.1. The van der Waals surface area contributed by atoms with Crippen LogP contribution in [0.15, 0.2) is 59.6 Å². The Morgan fingerprint density at radius 1 is 1.13 bits per heavy atom. The highest BCUT2D eigenvalue weighted by Gasteiger charge is 2.44. The molecule has 0 spiro atoms. The highest BCUT2D eigenvalue weighted by molar-refractivity contribution is 7.11. The molecule has 1 amide bonds. The minimum atomic E-state index is -0.0300. The molecule has 5 heteroatoms. The number of carbonyl (C=O) groups excluding carboxylic acids is 1. The predicted octanol–water partition coefficient (Wildman–Crippen LogP) is 4.21. The molecule has 1 aliphatic carbocycles. The van der Waals surface area contributed by atoms with Gasteiger partial charge < -0.3 is 5.32 Å². The van der Waals surface area contributed by atoms with Crippen molar-refractivity contribution < 1.29 is 4.79 Å². The molecular weight excluding hydrogens is 324 g/mol. The smallest absolute Gasteiger partial charge is 0.224 e. The van der Waals surface area contributed by atoms with Crippen LogP contribution < -0.4 is 5.32 Å². The molecule has 3 aromatic heterocycles. The molecule has 0 saturated heterocycles. The van der Waals surface area contributed by atoms with E-state index in [9.17, 15) is 4.79 Å². The van der Waals surface area contributed by atoms with Gasteiger partial charge in [-0.3, -0.25) is 9.78 Å². The van der Waals surface area contributed by atoms with Crippen molar-refractivity contribution in [3.63, 3.8) is 0 Å². The van der Waals surface area contributed by atoms with Crippen molar-refractivity contribution in [2.45, 2.75) is 18.4 Å². The number of nitrogens with zero attached hydrogens (tertiary/aromatic N) is 1. The van der Waals surface area contributed by atoms with Crippen LogP contribution in [0.4, 0.5) is 0 Å². The predicted molar refractivity (Wildman–Crippen MR) is 93.7 cm³/mol. The van der Waals surface area contributed by atoms with E-state index < -0.39 is 0 Å². The average Bonchev–Trinajstić information content (AvgIpc) is 2.99. The topological polar surface area (TPSA) is 42.0 Å². The molecule has 0 radical (unpaired) electrons. The molecule has 0 aliphatic heterocycles. The van der Waals surface area contributed by atoms with E-state index in [1.807, 2.05) is 24.4 Å². The maximum absolute atomic E-state index is 12.7. The van der Waals surface area contributed by atoms with Crippen LogP contribution in [0.1, 0.15) is 33.7 Å². The molecule has 1 saturated carbocycles. The second kappa shape index (κ2) is 6.26. The first-order valence-corrected chi connectivity index (χ1v) is 9.36. The van der Waals surface area contributed by atoms with Gasteiger partial charge in [-0.15, -0.1) is 22.7 Å². The third-order valence-electron chi connectivity index (χ3n) is 4.18. The molecule has 3 heterocycles. The number of rotatable bonds is 5. The van der Waals surface area contributed by atoms with Crippen molar-refractivity contribution in [2.75, 3.05) is 0 Å². The SMILES string of the molecule is O=C(NC(c1cccs1)c1cccs1)[C@H]1C[C@@H]1c1cccnc1. The van der Waals surface area contributed by atoms with Crippen molar-refractivity contribution in [3.8, 4) is 0 Å². The Bertz CT molecular complexity index is 734. The van der Waals surface area contributed by atoms with Crippen molar-refractivity contribution in [3.05, 3.63) is 74.9 Å². The van der Waals surface area contributed by atoms with Gasteiger partial charge in [0.15, 0.2) is 0 Å². The van der Waals surface area contributed by atoms with Crippen LogP contribution in [0.3, 0.4) is 0 Å². The number of nitrogens with one attached hydrogen (secondary N) is 1. The number of aromatic nitrogens is 1. The van der Waals surface area contributed by atoms with Gasteiger partial charge in [0.1, 0.15) is 0 Å². The fraction of sp³-hybridized carbons (Fsp3) is 0.222. The van der Waals surface area contributed by atoms with Crippen molar-refractivity contribution >= 4 is 28.6 Å². The van der Waals surface area contributed by atoms with Gasteiger partial charge in [-0.05, 0) is 46.9 Å². The zero-order chi connectivity index (χ0) is 15.6. The average molecular weight is 340 g/mol. The summed E-state index contributed by atoms with van der Waals surface area (Å²) >= 11 is 3.36. The molecule has 23 heavy (non-hydrogen) atoms. The summed E-state index contributed by atoms with van der Waals surface area (Å²) in [6.07, 6.45) is 4.55. The quantitative estimate of drug-likeness (QED) is 0.756. The van der Waals surface area contributed by atoms with E-state index in [1.165, 1.54) is 9.75 Å². The van der Waals surface area contributed by atoms with Gasteiger partial charge in [0.2, 0.25) is 5.91 Å². The fourth-order valence-electron chi connectivity index (χ4n) is 2.89. The van der Waals surface area contributed by atoms with Gasteiger partial charge in [0.05, 0.1) is 6.04 Å². The van der Waals surface area contributed by atoms with Gasteiger partial charge in [0, 0.05) is 28.1 Å². The molecule has 0 aromatic carbocycles. The summed E-state index contributed by atoms with van der Waals surface area (Å²) in [4.78, 5) is 19.2. The highest BCUT2D eigenvalue weighted by atomic mass is 32.1. The molecule has 0 bridgehead atoms. The Balaban J connectivity index is 1.49. The molecule has 4 rings (SSSR count). The number of hydrogen-bond donors (Lipinski definition) is 1. The van der Waals surface area contributed by atoms with E-state index in [0.717, 1.165) is 12.0 Å². The van der Waals surface area contributed by atoms with Crippen LogP contribution in [0.2, 0.25) is 0 Å². The van der Waals surface area contributed by atoms with E-state index in [2.05, 4.69) is 39.3 Å². The number of pyridine rings is 1. The number of amides is 1. The molecule has 3 nitrogen and oxygen atoms in total. The molecule has 1 fully saturated rings. The van der Waals surface area contributed by atoms with Gasteiger partial charge in [-0.25, -0.2) is 0 Å². The van der Waals surface area contributed by atoms with Crippen LogP contribution in [-0.2, 0) is 4.79 Å². The van der Waals surface area contributed by atoms with E-state index >= 15 is 0 Å². The first kappa shape index (κ1) is 14.6. The van der Waals surface area contributed by atoms with Crippen molar-refractivity contribution in [1.82, 2.24) is 10.3 Å². The third-order valence-corrected chi connectivity index (χ3v) is 6.06. The Morgan fingerprint density at radius 2 is 1.87 bits per heavy atom. The minimum absolute atomic E-state index is 0.0300. The summed E-state index contributed by atoms with van der Waals surface area (Å²) in [5, 5.41) is 7.35. The summed E-state index contributed by atoms with van der Waals surface area (Å²) in [6.45, 7) is 0. The van der Waals surface area contributed by atoms with Crippen molar-refractivity contribution in [2.24, 2.45) is 5.92 Å². The molecule has 1 N–H and O–H groups in total. The van der Waals surface area contributed by atoms with E-state index in [4.69, 9.17) is 0 Å². The normalized spacial score (nSPS) is 19.7. The van der Waals surface area contributed by atoms with Crippen LogP contribution >= 0.6 is 22.7 Å². The maximum atomic E-state index is 12.7. The van der Waals surface area contributed by atoms with Gasteiger partial charge in [0.25, 0.3) is 0 Å². The number of thiophene rings is 2. The van der Waals surface area contributed by atoms with Crippen LogP contribution in [0.5, 0.6) is 0 Å². The van der Waals surface area contributed by atoms with Crippen molar-refractivity contribution in [1.29, 1.82) is 0 Å². The summed E-state index contributed by atoms with van der Waals surface area (Å²) in [6, 6.07) is 12.2. The van der Waals surface area contributed by atoms with E-state index in [-0.39, 0.29) is 17.9 Å². The largest absolute Gasteiger partial charge is 0.343 e. The fourth-order valence-corrected chi connectivity index (χ4v) is 4.55. The first-order valence-electron chi connectivity index (χ1n) is 7.60. The maximum Gasteiger partial charge on any atom is 0.224 e. The second-order valence-electron chi connectivity index (χ2n) is 5.71. The first-order chi connectivity index (χ1) is 11.3. The molecule has 0 unspecified atom stereocenters. The lowest BCUT2D eigenvalue weighted by molar-refractivity contribution is -0.122. The molecular formula is C18H16N2OS2. The Kier molecular flexibility index (Phi) is 3.97. The van der Waals surface area contributed by atoms with Crippen LogP contribution in [0.25, 0.3) is 0 Å². The number of carbonyl (C=O) groups is 1. The van der Waals surface area contributed by atoms with E-state index in [0.29, 0.717) is 5.92 Å². The van der Waals surface area contributed by atoms with Gasteiger partial charge in [-0.2, -0.15) is 0 Å². The zero-order valence-electron chi connectivity index (χ0n) is 12.4. The Hall–Kier alpha value is -1.98. The molecule has 3 aromatic rings. The summed E-state index contributed by atoms with van der Waals surface area (Å²) < 4.78 is 0. The van der Waals surface area contributed by atoms with Crippen LogP contribution in [0, 0.1) is 5.92 Å². The van der Waals surface area contributed by atoms with Crippen LogP contribution in [-0.4, -0.2) is 10.9 Å². The van der Waals surface area contributed by atoms with Gasteiger partial charge >= 0.3 is 0 Å². The highest BCUT2D eigenvalue weighted by Crippen LogP contribution is 2.47. The summed E-state index contributed by atoms with van der Waals surface area (Å²) in [7, 11) is 0. The lowest BCUT2D eigenvalue weighted by Gasteiger charge is -2.16. The molecule has 1 aliphatic rings. The van der Waals surface area contributed by atoms with E-state index in [1.54, 1.807) is 28.9 Å². The summed E-state index contributed by atoms with van der Waals surface area (Å²) in [5.41, 5.74) is 1.16. The third kappa shape index (κ3) is 3.07.